The van der Waals surface area contributed by atoms with Crippen LogP contribution < -0.4 is 10.6 Å². The molecular formula is C12H14ClN3O. The SMILES string of the molecule is C[C@@H](NCC(=O)NCC#N)c1ccccc1Cl. The van der Waals surface area contributed by atoms with Crippen LogP contribution in [0.15, 0.2) is 24.3 Å². The van der Waals surface area contributed by atoms with Crippen molar-refractivity contribution in [2.45, 2.75) is 13.0 Å². The van der Waals surface area contributed by atoms with Crippen LogP contribution in [0, 0.1) is 11.3 Å². The maximum atomic E-state index is 11.3. The third-order valence-corrected chi connectivity index (χ3v) is 2.65. The lowest BCUT2D eigenvalue weighted by Gasteiger charge is -2.15. The van der Waals surface area contributed by atoms with Gasteiger partial charge in [0.05, 0.1) is 12.6 Å². The van der Waals surface area contributed by atoms with Crippen molar-refractivity contribution >= 4 is 17.5 Å². The van der Waals surface area contributed by atoms with Gasteiger partial charge in [0.1, 0.15) is 6.54 Å². The smallest absolute Gasteiger partial charge is 0.234 e. The van der Waals surface area contributed by atoms with Crippen molar-refractivity contribution in [3.63, 3.8) is 0 Å². The number of hydrogen-bond acceptors (Lipinski definition) is 3. The highest BCUT2D eigenvalue weighted by atomic mass is 35.5. The number of nitrogens with one attached hydrogen (secondary N) is 2. The molecule has 0 saturated heterocycles. The van der Waals surface area contributed by atoms with Crippen molar-refractivity contribution in [2.75, 3.05) is 13.1 Å². The van der Waals surface area contributed by atoms with Gasteiger partial charge >= 0.3 is 0 Å². The van der Waals surface area contributed by atoms with Gasteiger partial charge in [-0.05, 0) is 18.6 Å². The molecule has 4 nitrogen and oxygen atoms in total. The zero-order valence-corrected chi connectivity index (χ0v) is 10.3. The summed E-state index contributed by atoms with van der Waals surface area (Å²) in [5, 5.41) is 14.5. The molecule has 0 spiro atoms. The van der Waals surface area contributed by atoms with E-state index in [0.29, 0.717) is 5.02 Å². The van der Waals surface area contributed by atoms with E-state index in [1.165, 1.54) is 0 Å². The number of hydrogen-bond donors (Lipinski definition) is 2. The summed E-state index contributed by atoms with van der Waals surface area (Å²) in [7, 11) is 0. The highest BCUT2D eigenvalue weighted by Gasteiger charge is 2.09. The molecule has 0 heterocycles. The first-order valence-electron chi connectivity index (χ1n) is 5.26. The van der Waals surface area contributed by atoms with E-state index in [2.05, 4.69) is 10.6 Å². The minimum absolute atomic E-state index is 0.0171. The molecule has 1 aromatic rings. The van der Waals surface area contributed by atoms with Gasteiger partial charge in [-0.2, -0.15) is 5.26 Å². The number of carbonyl (C=O) groups is 1. The lowest BCUT2D eigenvalue weighted by atomic mass is 10.1. The molecule has 0 aliphatic heterocycles. The zero-order valence-electron chi connectivity index (χ0n) is 9.53. The predicted octanol–water partition coefficient (Wildman–Crippen LogP) is 1.63. The van der Waals surface area contributed by atoms with Crippen LogP contribution in [0.2, 0.25) is 5.02 Å². The van der Waals surface area contributed by atoms with E-state index in [9.17, 15) is 4.79 Å². The van der Waals surface area contributed by atoms with E-state index in [1.807, 2.05) is 37.3 Å². The van der Waals surface area contributed by atoms with E-state index in [-0.39, 0.29) is 25.0 Å². The van der Waals surface area contributed by atoms with E-state index < -0.39 is 0 Å². The summed E-state index contributed by atoms with van der Waals surface area (Å²) in [6.45, 7) is 2.12. The van der Waals surface area contributed by atoms with Gasteiger partial charge in [0, 0.05) is 11.1 Å². The molecule has 0 bridgehead atoms. The Balaban J connectivity index is 2.45. The predicted molar refractivity (Wildman–Crippen MR) is 66.5 cm³/mol. The van der Waals surface area contributed by atoms with Crippen molar-refractivity contribution in [3.8, 4) is 6.07 Å². The molecular weight excluding hydrogens is 238 g/mol. The molecule has 0 unspecified atom stereocenters. The molecule has 0 aliphatic carbocycles. The molecule has 0 fully saturated rings. The average molecular weight is 252 g/mol. The van der Waals surface area contributed by atoms with Gasteiger partial charge in [0.25, 0.3) is 0 Å². The van der Waals surface area contributed by atoms with Gasteiger partial charge < -0.3 is 10.6 Å². The first-order valence-corrected chi connectivity index (χ1v) is 5.64. The molecule has 0 radical (unpaired) electrons. The van der Waals surface area contributed by atoms with Gasteiger partial charge in [0.2, 0.25) is 5.91 Å². The molecule has 90 valence electrons. The van der Waals surface area contributed by atoms with Gasteiger partial charge in [-0.1, -0.05) is 29.8 Å². The van der Waals surface area contributed by atoms with Crippen LogP contribution in [-0.4, -0.2) is 19.0 Å². The van der Waals surface area contributed by atoms with Crippen LogP contribution in [0.25, 0.3) is 0 Å². The Labute approximate surface area is 106 Å². The van der Waals surface area contributed by atoms with Crippen molar-refractivity contribution < 1.29 is 4.79 Å². The van der Waals surface area contributed by atoms with E-state index in [1.54, 1.807) is 0 Å². The Hall–Kier alpha value is -1.57. The van der Waals surface area contributed by atoms with Crippen LogP contribution in [0.5, 0.6) is 0 Å². The van der Waals surface area contributed by atoms with Gasteiger partial charge in [0.15, 0.2) is 0 Å². The Morgan fingerprint density at radius 3 is 2.88 bits per heavy atom. The number of halogens is 1. The summed E-state index contributed by atoms with van der Waals surface area (Å²) in [6.07, 6.45) is 0. The third-order valence-electron chi connectivity index (χ3n) is 2.31. The van der Waals surface area contributed by atoms with Crippen LogP contribution in [0.4, 0.5) is 0 Å². The minimum Gasteiger partial charge on any atom is -0.342 e. The van der Waals surface area contributed by atoms with E-state index >= 15 is 0 Å². The molecule has 1 aromatic carbocycles. The minimum atomic E-state index is -0.203. The maximum absolute atomic E-state index is 11.3. The number of nitriles is 1. The van der Waals surface area contributed by atoms with Gasteiger partial charge in [-0.3, -0.25) is 4.79 Å². The Kier molecular flexibility index (Phi) is 5.47. The highest BCUT2D eigenvalue weighted by Crippen LogP contribution is 2.21. The van der Waals surface area contributed by atoms with Crippen molar-refractivity contribution in [1.29, 1.82) is 5.26 Å². The fraction of sp³-hybridized carbons (Fsp3) is 0.333. The summed E-state index contributed by atoms with van der Waals surface area (Å²) < 4.78 is 0. The lowest BCUT2D eigenvalue weighted by Crippen LogP contribution is -2.35. The zero-order chi connectivity index (χ0) is 12.7. The third kappa shape index (κ3) is 4.43. The lowest BCUT2D eigenvalue weighted by molar-refractivity contribution is -0.120. The van der Waals surface area contributed by atoms with Crippen molar-refractivity contribution in [2.24, 2.45) is 0 Å². The Morgan fingerprint density at radius 2 is 2.24 bits per heavy atom. The Bertz CT molecular complexity index is 428. The number of rotatable bonds is 5. The van der Waals surface area contributed by atoms with Crippen molar-refractivity contribution in [1.82, 2.24) is 10.6 Å². The van der Waals surface area contributed by atoms with Crippen LogP contribution >= 0.6 is 11.6 Å². The molecule has 0 saturated carbocycles. The summed E-state index contributed by atoms with van der Waals surface area (Å²) in [5.74, 6) is -0.203. The molecule has 0 aliphatic rings. The summed E-state index contributed by atoms with van der Waals surface area (Å²) in [6, 6.07) is 9.31. The maximum Gasteiger partial charge on any atom is 0.234 e. The second-order valence-corrected chi connectivity index (χ2v) is 3.97. The van der Waals surface area contributed by atoms with Crippen molar-refractivity contribution in [3.05, 3.63) is 34.9 Å². The van der Waals surface area contributed by atoms with Crippen LogP contribution in [0.3, 0.4) is 0 Å². The van der Waals surface area contributed by atoms with Crippen LogP contribution in [0.1, 0.15) is 18.5 Å². The molecule has 0 aromatic heterocycles. The van der Waals surface area contributed by atoms with E-state index in [0.717, 1.165) is 5.56 Å². The summed E-state index contributed by atoms with van der Waals surface area (Å²) in [4.78, 5) is 11.3. The first-order chi connectivity index (χ1) is 8.15. The van der Waals surface area contributed by atoms with Gasteiger partial charge in [-0.15, -0.1) is 0 Å². The summed E-state index contributed by atoms with van der Waals surface area (Å²) >= 11 is 6.03. The molecule has 1 amide bonds. The standard InChI is InChI=1S/C12H14ClN3O/c1-9(10-4-2-3-5-11(10)13)16-8-12(17)15-7-6-14/h2-5,9,16H,7-8H2,1H3,(H,15,17)/t9-/m1/s1. The first kappa shape index (κ1) is 13.5. The number of benzene rings is 1. The number of carbonyl (C=O) groups excluding carboxylic acids is 1. The molecule has 17 heavy (non-hydrogen) atoms. The number of nitrogens with zero attached hydrogens (tertiary/aromatic N) is 1. The fourth-order valence-electron chi connectivity index (χ4n) is 1.38. The normalized spacial score (nSPS) is 11.6. The van der Waals surface area contributed by atoms with Crippen LogP contribution in [-0.2, 0) is 4.79 Å². The second-order valence-electron chi connectivity index (χ2n) is 3.56. The largest absolute Gasteiger partial charge is 0.342 e. The fourth-order valence-corrected chi connectivity index (χ4v) is 1.68. The number of amides is 1. The molecule has 2 N–H and O–H groups in total. The van der Waals surface area contributed by atoms with Gasteiger partial charge in [-0.25, -0.2) is 0 Å². The average Bonchev–Trinajstić information content (AvgIpc) is 2.34. The molecule has 1 atom stereocenters. The topological polar surface area (TPSA) is 64.9 Å². The molecule has 1 rings (SSSR count). The Morgan fingerprint density at radius 1 is 1.53 bits per heavy atom. The monoisotopic (exact) mass is 251 g/mol. The second kappa shape index (κ2) is 6.89. The summed E-state index contributed by atoms with van der Waals surface area (Å²) in [5.41, 5.74) is 0.947. The molecule has 5 heteroatoms. The quantitative estimate of drug-likeness (QED) is 0.782. The highest BCUT2D eigenvalue weighted by molar-refractivity contribution is 6.31. The van der Waals surface area contributed by atoms with E-state index in [4.69, 9.17) is 16.9 Å².